The van der Waals surface area contributed by atoms with Crippen molar-refractivity contribution < 1.29 is 19.1 Å². The van der Waals surface area contributed by atoms with E-state index in [1.54, 1.807) is 4.90 Å². The van der Waals surface area contributed by atoms with Gasteiger partial charge in [-0.1, -0.05) is 60.7 Å². The van der Waals surface area contributed by atoms with Crippen molar-refractivity contribution >= 4 is 11.9 Å². The summed E-state index contributed by atoms with van der Waals surface area (Å²) in [5.41, 5.74) is 1.60. The van der Waals surface area contributed by atoms with Crippen LogP contribution in [0.25, 0.3) is 0 Å². The Morgan fingerprint density at radius 3 is 2.25 bits per heavy atom. The molecule has 0 aromatic heterocycles. The average molecular weight is 441 g/mol. The molecular formula is C26H36N2O4. The number of benzene rings is 2. The molecule has 2 aromatic carbocycles. The minimum atomic E-state index is -0.543. The summed E-state index contributed by atoms with van der Waals surface area (Å²) in [7, 11) is 0. The van der Waals surface area contributed by atoms with E-state index >= 15 is 0 Å². The highest BCUT2D eigenvalue weighted by Crippen LogP contribution is 2.21. The van der Waals surface area contributed by atoms with Gasteiger partial charge in [0.05, 0.1) is 32.2 Å². The van der Waals surface area contributed by atoms with E-state index in [1.807, 2.05) is 88.4 Å². The van der Waals surface area contributed by atoms with Gasteiger partial charge in [0.15, 0.2) is 0 Å². The summed E-state index contributed by atoms with van der Waals surface area (Å²) in [6.07, 6.45) is 0.153. The Hall–Kier alpha value is -2.70. The molecule has 1 N–H and O–H groups in total. The zero-order valence-electron chi connectivity index (χ0n) is 19.7. The number of esters is 1. The fraction of sp³-hybridized carbons (Fsp3) is 0.462. The Morgan fingerprint density at radius 2 is 1.62 bits per heavy atom. The van der Waals surface area contributed by atoms with Crippen molar-refractivity contribution in [3.8, 4) is 0 Å². The topological polar surface area (TPSA) is 67.9 Å². The Labute approximate surface area is 191 Å². The molecule has 0 spiro atoms. The van der Waals surface area contributed by atoms with E-state index in [-0.39, 0.29) is 30.9 Å². The van der Waals surface area contributed by atoms with E-state index < -0.39 is 5.60 Å². The first-order chi connectivity index (χ1) is 15.3. The number of carbonyl (C=O) groups is 2. The minimum absolute atomic E-state index is 0.0621. The smallest absolute Gasteiger partial charge is 0.308 e. The monoisotopic (exact) mass is 440 g/mol. The summed E-state index contributed by atoms with van der Waals surface area (Å²) in [4.78, 5) is 26.9. The highest BCUT2D eigenvalue weighted by molar-refractivity contribution is 5.79. The summed E-state index contributed by atoms with van der Waals surface area (Å²) in [5, 5.41) is 3.15. The largest absolute Gasteiger partial charge is 0.460 e. The van der Waals surface area contributed by atoms with Crippen molar-refractivity contribution in [3.05, 3.63) is 71.8 Å². The Bertz CT molecular complexity index is 819. The molecule has 6 nitrogen and oxygen atoms in total. The summed E-state index contributed by atoms with van der Waals surface area (Å²) >= 11 is 0. The van der Waals surface area contributed by atoms with E-state index in [2.05, 4.69) is 5.32 Å². The van der Waals surface area contributed by atoms with Gasteiger partial charge in [0.25, 0.3) is 0 Å². The predicted molar refractivity (Wildman–Crippen MR) is 126 cm³/mol. The van der Waals surface area contributed by atoms with Gasteiger partial charge in [-0.15, -0.1) is 0 Å². The van der Waals surface area contributed by atoms with Gasteiger partial charge < -0.3 is 19.7 Å². The minimum Gasteiger partial charge on any atom is -0.460 e. The lowest BCUT2D eigenvalue weighted by molar-refractivity contribution is -0.155. The Balaban J connectivity index is 1.85. The number of rotatable bonds is 12. The molecule has 2 rings (SSSR count). The third kappa shape index (κ3) is 9.62. The molecule has 0 saturated heterocycles. The van der Waals surface area contributed by atoms with Gasteiger partial charge in [-0.3, -0.25) is 9.59 Å². The molecule has 0 radical (unpaired) electrons. The van der Waals surface area contributed by atoms with E-state index in [0.717, 1.165) is 11.1 Å². The molecule has 0 aliphatic carbocycles. The van der Waals surface area contributed by atoms with E-state index in [0.29, 0.717) is 26.3 Å². The summed E-state index contributed by atoms with van der Waals surface area (Å²) < 4.78 is 11.1. The van der Waals surface area contributed by atoms with Crippen LogP contribution in [0.1, 0.15) is 51.3 Å². The van der Waals surface area contributed by atoms with Gasteiger partial charge in [-0.25, -0.2) is 0 Å². The second kappa shape index (κ2) is 13.0. The predicted octanol–water partition coefficient (Wildman–Crippen LogP) is 4.11. The Morgan fingerprint density at radius 1 is 1.00 bits per heavy atom. The average Bonchev–Trinajstić information content (AvgIpc) is 2.76. The van der Waals surface area contributed by atoms with Gasteiger partial charge >= 0.3 is 5.97 Å². The maximum Gasteiger partial charge on any atom is 0.308 e. The second-order valence-electron chi connectivity index (χ2n) is 8.73. The quantitative estimate of drug-likeness (QED) is 0.397. The molecule has 0 unspecified atom stereocenters. The maximum absolute atomic E-state index is 13.0. The highest BCUT2D eigenvalue weighted by atomic mass is 16.6. The molecule has 0 fully saturated rings. The van der Waals surface area contributed by atoms with Crippen molar-refractivity contribution in [2.24, 2.45) is 0 Å². The van der Waals surface area contributed by atoms with Crippen molar-refractivity contribution in [1.29, 1.82) is 0 Å². The number of hydrogen-bond acceptors (Lipinski definition) is 5. The van der Waals surface area contributed by atoms with Crippen LogP contribution >= 0.6 is 0 Å². The first kappa shape index (κ1) is 25.6. The molecule has 174 valence electrons. The zero-order chi connectivity index (χ0) is 23.4. The molecule has 0 bridgehead atoms. The fourth-order valence-electron chi connectivity index (χ4n) is 3.26. The molecule has 1 amide bonds. The van der Waals surface area contributed by atoms with Crippen LogP contribution in [-0.2, 0) is 25.7 Å². The van der Waals surface area contributed by atoms with Crippen LogP contribution in [0.5, 0.6) is 0 Å². The van der Waals surface area contributed by atoms with Gasteiger partial charge in [0.2, 0.25) is 5.91 Å². The molecule has 0 aliphatic heterocycles. The van der Waals surface area contributed by atoms with Crippen LogP contribution in [0.2, 0.25) is 0 Å². The number of amides is 1. The van der Waals surface area contributed by atoms with Crippen molar-refractivity contribution in [1.82, 2.24) is 10.2 Å². The first-order valence-electron chi connectivity index (χ1n) is 11.1. The molecule has 32 heavy (non-hydrogen) atoms. The van der Waals surface area contributed by atoms with Crippen LogP contribution in [0.15, 0.2) is 60.7 Å². The highest BCUT2D eigenvalue weighted by Gasteiger charge is 2.23. The number of ether oxygens (including phenoxy) is 2. The second-order valence-corrected chi connectivity index (χ2v) is 8.73. The number of carbonyl (C=O) groups excluding carboxylic acids is 2. The lowest BCUT2D eigenvalue weighted by Gasteiger charge is -2.30. The zero-order valence-corrected chi connectivity index (χ0v) is 19.7. The molecule has 6 heteroatoms. The number of nitrogens with one attached hydrogen (secondary N) is 1. The van der Waals surface area contributed by atoms with Gasteiger partial charge in [0.1, 0.15) is 5.60 Å². The molecule has 0 aliphatic rings. The number of hydrogen-bond donors (Lipinski definition) is 1. The molecule has 0 saturated carbocycles. The third-order valence-electron chi connectivity index (χ3n) is 4.86. The standard InChI is InChI=1S/C26H36N2O4/c1-21(23-13-9-6-10-14-23)28(17-15-25(30)32-26(2,3)4)24(29)19-27-16-18-31-20-22-11-7-5-8-12-22/h5-14,21,27H,15-20H2,1-4H3/t21-/m0/s1. The van der Waals surface area contributed by atoms with E-state index in [1.165, 1.54) is 0 Å². The lowest BCUT2D eigenvalue weighted by Crippen LogP contribution is -2.42. The summed E-state index contributed by atoms with van der Waals surface area (Å²) in [5.74, 6) is -0.370. The van der Waals surface area contributed by atoms with E-state index in [9.17, 15) is 9.59 Å². The van der Waals surface area contributed by atoms with Crippen molar-refractivity contribution in [2.75, 3.05) is 26.2 Å². The molecule has 0 heterocycles. The van der Waals surface area contributed by atoms with Gasteiger partial charge in [-0.05, 0) is 38.8 Å². The van der Waals surface area contributed by atoms with Gasteiger partial charge in [0, 0.05) is 13.1 Å². The van der Waals surface area contributed by atoms with Crippen LogP contribution < -0.4 is 5.32 Å². The maximum atomic E-state index is 13.0. The number of nitrogens with zero attached hydrogens (tertiary/aromatic N) is 1. The first-order valence-corrected chi connectivity index (χ1v) is 11.1. The lowest BCUT2D eigenvalue weighted by atomic mass is 10.1. The third-order valence-corrected chi connectivity index (χ3v) is 4.86. The SMILES string of the molecule is C[C@@H](c1ccccc1)N(CCC(=O)OC(C)(C)C)C(=O)CNCCOCc1ccccc1. The normalized spacial score (nSPS) is 12.2. The Kier molecular flexibility index (Phi) is 10.4. The van der Waals surface area contributed by atoms with Crippen LogP contribution in [0.4, 0.5) is 0 Å². The fourth-order valence-corrected chi connectivity index (χ4v) is 3.26. The summed E-state index contributed by atoms with van der Waals surface area (Å²) in [6.45, 7) is 9.59. The van der Waals surface area contributed by atoms with Gasteiger partial charge in [-0.2, -0.15) is 0 Å². The van der Waals surface area contributed by atoms with Crippen LogP contribution in [0, 0.1) is 0 Å². The molecule has 1 atom stereocenters. The van der Waals surface area contributed by atoms with Crippen molar-refractivity contribution in [2.45, 2.75) is 52.4 Å². The van der Waals surface area contributed by atoms with E-state index in [4.69, 9.17) is 9.47 Å². The summed E-state index contributed by atoms with van der Waals surface area (Å²) in [6, 6.07) is 19.6. The molecule has 2 aromatic rings. The van der Waals surface area contributed by atoms with Crippen LogP contribution in [-0.4, -0.2) is 48.6 Å². The molecular weight excluding hydrogens is 404 g/mol. The van der Waals surface area contributed by atoms with Crippen LogP contribution in [0.3, 0.4) is 0 Å². The van der Waals surface area contributed by atoms with Crippen molar-refractivity contribution in [3.63, 3.8) is 0 Å².